The fraction of sp³-hybridized carbons (Fsp3) is 0.909. The zero-order valence-corrected chi connectivity index (χ0v) is 9.08. The van der Waals surface area contributed by atoms with Crippen molar-refractivity contribution in [1.82, 2.24) is 0 Å². The Labute approximate surface area is 85.5 Å². The van der Waals surface area contributed by atoms with E-state index in [0.717, 1.165) is 25.9 Å². The number of carbonyl (C=O) groups is 1. The maximum absolute atomic E-state index is 10.5. The Morgan fingerprint density at radius 1 is 1.50 bits per heavy atom. The van der Waals surface area contributed by atoms with Gasteiger partial charge < -0.3 is 9.84 Å². The third-order valence-electron chi connectivity index (χ3n) is 2.73. The minimum absolute atomic E-state index is 0.0111. The third-order valence-corrected chi connectivity index (χ3v) is 2.73. The van der Waals surface area contributed by atoms with Crippen LogP contribution in [0.2, 0.25) is 0 Å². The van der Waals surface area contributed by atoms with Crippen LogP contribution in [0.15, 0.2) is 0 Å². The van der Waals surface area contributed by atoms with Crippen molar-refractivity contribution in [1.29, 1.82) is 0 Å². The molecule has 3 heteroatoms. The summed E-state index contributed by atoms with van der Waals surface area (Å²) in [6, 6.07) is 0. The van der Waals surface area contributed by atoms with Crippen molar-refractivity contribution in [2.24, 2.45) is 11.3 Å². The number of hydrogen-bond donors (Lipinski definition) is 1. The van der Waals surface area contributed by atoms with Crippen molar-refractivity contribution < 1.29 is 14.6 Å². The molecule has 0 aliphatic heterocycles. The lowest BCUT2D eigenvalue weighted by Crippen LogP contribution is -2.16. The smallest absolute Gasteiger partial charge is 0.303 e. The van der Waals surface area contributed by atoms with E-state index in [1.807, 2.05) is 0 Å². The maximum Gasteiger partial charge on any atom is 0.303 e. The second-order valence-electron chi connectivity index (χ2n) is 4.81. The lowest BCUT2D eigenvalue weighted by molar-refractivity contribution is -0.139. The SMILES string of the molecule is CC(C)CCOCC1(CC(=O)O)CC1. The molecule has 1 aliphatic rings. The molecule has 1 saturated carbocycles. The molecular formula is C11H20O3. The van der Waals surface area contributed by atoms with Gasteiger partial charge in [0.05, 0.1) is 13.0 Å². The standard InChI is InChI=1S/C11H20O3/c1-9(2)3-6-14-8-11(4-5-11)7-10(12)13/h9H,3-8H2,1-2H3,(H,12,13). The Balaban J connectivity index is 2.09. The molecule has 0 saturated heterocycles. The molecule has 1 aliphatic carbocycles. The van der Waals surface area contributed by atoms with Crippen LogP contribution in [-0.4, -0.2) is 24.3 Å². The number of rotatable bonds is 7. The van der Waals surface area contributed by atoms with E-state index in [0.29, 0.717) is 12.5 Å². The average Bonchev–Trinajstić information content (AvgIpc) is 2.78. The van der Waals surface area contributed by atoms with Gasteiger partial charge in [0.25, 0.3) is 0 Å². The van der Waals surface area contributed by atoms with Gasteiger partial charge in [-0.05, 0) is 25.2 Å². The van der Waals surface area contributed by atoms with Crippen molar-refractivity contribution >= 4 is 5.97 Å². The van der Waals surface area contributed by atoms with Crippen LogP contribution < -0.4 is 0 Å². The molecule has 14 heavy (non-hydrogen) atoms. The van der Waals surface area contributed by atoms with Crippen LogP contribution in [0.5, 0.6) is 0 Å². The molecule has 0 aromatic carbocycles. The highest BCUT2D eigenvalue weighted by Crippen LogP contribution is 2.48. The van der Waals surface area contributed by atoms with Crippen LogP contribution in [0.25, 0.3) is 0 Å². The Morgan fingerprint density at radius 3 is 2.57 bits per heavy atom. The normalized spacial score (nSPS) is 18.5. The van der Waals surface area contributed by atoms with E-state index in [9.17, 15) is 4.79 Å². The van der Waals surface area contributed by atoms with E-state index >= 15 is 0 Å². The van der Waals surface area contributed by atoms with Crippen molar-refractivity contribution in [2.75, 3.05) is 13.2 Å². The molecular weight excluding hydrogens is 180 g/mol. The van der Waals surface area contributed by atoms with Gasteiger partial charge in [-0.3, -0.25) is 4.79 Å². The molecule has 82 valence electrons. The molecule has 3 nitrogen and oxygen atoms in total. The molecule has 0 bridgehead atoms. The van der Waals surface area contributed by atoms with Gasteiger partial charge in [-0.25, -0.2) is 0 Å². The van der Waals surface area contributed by atoms with E-state index in [4.69, 9.17) is 9.84 Å². The minimum atomic E-state index is -0.699. The van der Waals surface area contributed by atoms with E-state index in [1.54, 1.807) is 0 Å². The Morgan fingerprint density at radius 2 is 2.14 bits per heavy atom. The molecule has 1 N–H and O–H groups in total. The molecule has 0 aromatic heterocycles. The van der Waals surface area contributed by atoms with E-state index < -0.39 is 5.97 Å². The van der Waals surface area contributed by atoms with Gasteiger partial charge in [-0.1, -0.05) is 13.8 Å². The van der Waals surface area contributed by atoms with Gasteiger partial charge in [0.1, 0.15) is 0 Å². The number of carboxylic acids is 1. The summed E-state index contributed by atoms with van der Waals surface area (Å²) in [7, 11) is 0. The van der Waals surface area contributed by atoms with E-state index in [-0.39, 0.29) is 11.8 Å². The van der Waals surface area contributed by atoms with Crippen LogP contribution >= 0.6 is 0 Å². The second kappa shape index (κ2) is 4.78. The van der Waals surface area contributed by atoms with Gasteiger partial charge in [-0.15, -0.1) is 0 Å². The Bertz CT molecular complexity index is 195. The lowest BCUT2D eigenvalue weighted by Gasteiger charge is -2.13. The fourth-order valence-corrected chi connectivity index (χ4v) is 1.48. The molecule has 0 unspecified atom stereocenters. The molecule has 0 atom stereocenters. The van der Waals surface area contributed by atoms with E-state index in [1.165, 1.54) is 0 Å². The van der Waals surface area contributed by atoms with Crippen LogP contribution in [0.3, 0.4) is 0 Å². The van der Waals surface area contributed by atoms with Crippen LogP contribution in [-0.2, 0) is 9.53 Å². The van der Waals surface area contributed by atoms with Crippen molar-refractivity contribution in [2.45, 2.75) is 39.5 Å². The Hall–Kier alpha value is -0.570. The molecule has 0 radical (unpaired) electrons. The van der Waals surface area contributed by atoms with Gasteiger partial charge in [-0.2, -0.15) is 0 Å². The monoisotopic (exact) mass is 200 g/mol. The van der Waals surface area contributed by atoms with Crippen molar-refractivity contribution in [3.8, 4) is 0 Å². The number of hydrogen-bond acceptors (Lipinski definition) is 2. The summed E-state index contributed by atoms with van der Waals surface area (Å²) in [4.78, 5) is 10.5. The summed E-state index contributed by atoms with van der Waals surface area (Å²) in [5, 5.41) is 8.68. The third kappa shape index (κ3) is 4.09. The summed E-state index contributed by atoms with van der Waals surface area (Å²) in [6.07, 6.45) is 3.36. The predicted molar refractivity (Wildman–Crippen MR) is 54.2 cm³/mol. The fourth-order valence-electron chi connectivity index (χ4n) is 1.48. The van der Waals surface area contributed by atoms with Gasteiger partial charge in [0.2, 0.25) is 0 Å². The summed E-state index contributed by atoms with van der Waals surface area (Å²) in [5.41, 5.74) is -0.0111. The maximum atomic E-state index is 10.5. The summed E-state index contributed by atoms with van der Waals surface area (Å²) in [5.74, 6) is -0.0420. The molecule has 0 aromatic rings. The zero-order valence-electron chi connectivity index (χ0n) is 9.08. The van der Waals surface area contributed by atoms with Crippen molar-refractivity contribution in [3.63, 3.8) is 0 Å². The molecule has 0 heterocycles. The molecule has 1 rings (SSSR count). The first-order valence-corrected chi connectivity index (χ1v) is 5.34. The van der Waals surface area contributed by atoms with E-state index in [2.05, 4.69) is 13.8 Å². The first-order chi connectivity index (χ1) is 6.54. The first kappa shape index (κ1) is 11.5. The van der Waals surface area contributed by atoms with Gasteiger partial charge >= 0.3 is 5.97 Å². The number of ether oxygens (including phenoxy) is 1. The summed E-state index contributed by atoms with van der Waals surface area (Å²) in [6.45, 7) is 5.71. The quantitative estimate of drug-likeness (QED) is 0.641. The highest BCUT2D eigenvalue weighted by atomic mass is 16.5. The predicted octanol–water partition coefficient (Wildman–Crippen LogP) is 2.30. The largest absolute Gasteiger partial charge is 0.481 e. The first-order valence-electron chi connectivity index (χ1n) is 5.34. The van der Waals surface area contributed by atoms with Crippen LogP contribution in [0.1, 0.15) is 39.5 Å². The van der Waals surface area contributed by atoms with Crippen LogP contribution in [0, 0.1) is 11.3 Å². The number of aliphatic carboxylic acids is 1. The van der Waals surface area contributed by atoms with Crippen molar-refractivity contribution in [3.05, 3.63) is 0 Å². The second-order valence-corrected chi connectivity index (χ2v) is 4.81. The molecule has 0 spiro atoms. The highest BCUT2D eigenvalue weighted by molar-refractivity contribution is 5.68. The Kier molecular flexibility index (Phi) is 3.93. The topological polar surface area (TPSA) is 46.5 Å². The number of carboxylic acid groups (broad SMARTS) is 1. The highest BCUT2D eigenvalue weighted by Gasteiger charge is 2.44. The average molecular weight is 200 g/mol. The van der Waals surface area contributed by atoms with Gasteiger partial charge in [0, 0.05) is 12.0 Å². The zero-order chi connectivity index (χ0) is 10.6. The van der Waals surface area contributed by atoms with Gasteiger partial charge in [0.15, 0.2) is 0 Å². The lowest BCUT2D eigenvalue weighted by atomic mass is 10.0. The van der Waals surface area contributed by atoms with Crippen LogP contribution in [0.4, 0.5) is 0 Å². The molecule has 1 fully saturated rings. The molecule has 0 amide bonds. The summed E-state index contributed by atoms with van der Waals surface area (Å²) >= 11 is 0. The minimum Gasteiger partial charge on any atom is -0.481 e. The summed E-state index contributed by atoms with van der Waals surface area (Å²) < 4.78 is 5.51.